The Hall–Kier alpha value is -0.790. The highest BCUT2D eigenvalue weighted by Crippen LogP contribution is 2.73. The minimum atomic E-state index is 0.0745. The Morgan fingerprint density at radius 2 is 1.83 bits per heavy atom. The van der Waals surface area contributed by atoms with Crippen LogP contribution in [-0.4, -0.2) is 10.9 Å². The summed E-state index contributed by atoms with van der Waals surface area (Å²) in [6.45, 7) is 5.00. The molecule has 0 aromatic carbocycles. The van der Waals surface area contributed by atoms with Crippen molar-refractivity contribution in [1.29, 1.82) is 0 Å². The number of ketones is 1. The zero-order valence-corrected chi connectivity index (χ0v) is 15.3. The van der Waals surface area contributed by atoms with Gasteiger partial charge in [0.25, 0.3) is 0 Å². The molecule has 132 valence electrons. The third-order valence-electron chi connectivity index (χ3n) is 9.98. The molecule has 5 rings (SSSR count). The van der Waals surface area contributed by atoms with Crippen molar-refractivity contribution in [2.45, 2.75) is 78.1 Å². The Bertz CT molecular complexity index is 621. The summed E-state index contributed by atoms with van der Waals surface area (Å²) in [6.07, 6.45) is 13.8. The van der Waals surface area contributed by atoms with Gasteiger partial charge >= 0.3 is 0 Å². The van der Waals surface area contributed by atoms with Crippen molar-refractivity contribution in [1.82, 2.24) is 0 Å². The molecule has 0 bridgehead atoms. The van der Waals surface area contributed by atoms with Gasteiger partial charge in [-0.1, -0.05) is 13.8 Å². The Morgan fingerprint density at radius 1 is 1.04 bits per heavy atom. The number of rotatable bonds is 0. The number of allylic oxidation sites excluding steroid dienone is 2. The number of carbonyl (C=O) groups excluding carboxylic acids is 1. The average molecular weight is 328 g/mol. The molecular formula is C22H32O2. The second kappa shape index (κ2) is 4.68. The topological polar surface area (TPSA) is 37.3 Å². The van der Waals surface area contributed by atoms with E-state index >= 15 is 0 Å². The van der Waals surface area contributed by atoms with E-state index in [1.807, 2.05) is 0 Å². The number of Topliss-reactive ketones (excluding diaryl/α,β-unsaturated/α-hetero) is 1. The molecule has 1 spiro atoms. The van der Waals surface area contributed by atoms with Crippen molar-refractivity contribution in [2.24, 2.45) is 39.9 Å². The highest BCUT2D eigenvalue weighted by atomic mass is 16.3. The van der Waals surface area contributed by atoms with E-state index in [2.05, 4.69) is 19.9 Å². The Labute approximate surface area is 146 Å². The standard InChI is InChI=1S/C22H32O2/c1-20-9-5-15(23)13-14(20)3-4-16-17(20)6-10-21(2)18(16)7-11-22(21)12-8-19(22)24/h5,14,16-18,23H,3-4,6-13H2,1-2H3/t14-,16+,17-,18-,20-,21-,22-/m0/s1. The maximum atomic E-state index is 12.6. The van der Waals surface area contributed by atoms with E-state index in [4.69, 9.17) is 0 Å². The van der Waals surface area contributed by atoms with E-state index < -0.39 is 0 Å². The second-order valence-electron chi connectivity index (χ2n) is 10.3. The zero-order chi connectivity index (χ0) is 16.7. The summed E-state index contributed by atoms with van der Waals surface area (Å²) in [4.78, 5) is 12.6. The van der Waals surface area contributed by atoms with Crippen LogP contribution in [0.2, 0.25) is 0 Å². The molecule has 4 saturated carbocycles. The summed E-state index contributed by atoms with van der Waals surface area (Å²) in [6, 6.07) is 0. The molecule has 7 atom stereocenters. The molecule has 2 nitrogen and oxygen atoms in total. The van der Waals surface area contributed by atoms with Gasteiger partial charge in [-0.15, -0.1) is 0 Å². The van der Waals surface area contributed by atoms with Gasteiger partial charge in [-0.25, -0.2) is 0 Å². The lowest BCUT2D eigenvalue weighted by molar-refractivity contribution is -0.162. The van der Waals surface area contributed by atoms with Crippen molar-refractivity contribution in [3.63, 3.8) is 0 Å². The highest BCUT2D eigenvalue weighted by molar-refractivity contribution is 5.91. The molecule has 0 aliphatic heterocycles. The van der Waals surface area contributed by atoms with Crippen molar-refractivity contribution in [3.8, 4) is 0 Å². The SMILES string of the molecule is C[C@]12CC=C(O)C[C@@H]1CC[C@@H]1[C@@H]2CC[C@@]2(C)[C@H]1CC[C@@]21CCC1=O. The largest absolute Gasteiger partial charge is 0.513 e. The minimum Gasteiger partial charge on any atom is -0.513 e. The molecule has 0 heterocycles. The molecule has 0 saturated heterocycles. The van der Waals surface area contributed by atoms with E-state index in [9.17, 15) is 9.90 Å². The van der Waals surface area contributed by atoms with Crippen molar-refractivity contribution in [3.05, 3.63) is 11.8 Å². The lowest BCUT2D eigenvalue weighted by Gasteiger charge is -2.62. The first-order chi connectivity index (χ1) is 11.4. The third kappa shape index (κ3) is 1.62. The molecule has 0 unspecified atom stereocenters. The number of fused-ring (bicyclic) bond motifs is 6. The van der Waals surface area contributed by atoms with Crippen LogP contribution in [0, 0.1) is 39.9 Å². The van der Waals surface area contributed by atoms with Gasteiger partial charge in [0.15, 0.2) is 0 Å². The van der Waals surface area contributed by atoms with E-state index in [1.54, 1.807) is 0 Å². The number of aliphatic hydroxyl groups is 1. The maximum absolute atomic E-state index is 12.6. The quantitative estimate of drug-likeness (QED) is 0.644. The van der Waals surface area contributed by atoms with Crippen molar-refractivity contribution < 1.29 is 9.90 Å². The number of hydrogen-bond acceptors (Lipinski definition) is 2. The molecule has 2 heteroatoms. The molecule has 0 amide bonds. The minimum absolute atomic E-state index is 0.0745. The van der Waals surface area contributed by atoms with Gasteiger partial charge < -0.3 is 5.11 Å². The third-order valence-corrected chi connectivity index (χ3v) is 9.98. The molecule has 4 fully saturated rings. The van der Waals surface area contributed by atoms with E-state index in [0.717, 1.165) is 37.0 Å². The predicted octanol–water partition coefficient (Wildman–Crippen LogP) is 5.43. The van der Waals surface area contributed by atoms with E-state index in [1.165, 1.54) is 44.9 Å². The van der Waals surface area contributed by atoms with Crippen LogP contribution in [0.1, 0.15) is 78.1 Å². The van der Waals surface area contributed by atoms with Gasteiger partial charge in [0.1, 0.15) is 5.78 Å². The summed E-state index contributed by atoms with van der Waals surface area (Å²) in [5.74, 6) is 4.31. The molecule has 0 radical (unpaired) electrons. The van der Waals surface area contributed by atoms with Crippen LogP contribution in [0.15, 0.2) is 11.8 Å². The van der Waals surface area contributed by atoms with Crippen LogP contribution in [0.25, 0.3) is 0 Å². The first-order valence-corrected chi connectivity index (χ1v) is 10.3. The summed E-state index contributed by atoms with van der Waals surface area (Å²) >= 11 is 0. The van der Waals surface area contributed by atoms with Gasteiger partial charge in [-0.3, -0.25) is 4.79 Å². The van der Waals surface area contributed by atoms with Crippen LogP contribution < -0.4 is 0 Å². The molecule has 0 aromatic heterocycles. The summed E-state index contributed by atoms with van der Waals surface area (Å²) < 4.78 is 0. The van der Waals surface area contributed by atoms with Crippen LogP contribution in [0.3, 0.4) is 0 Å². The smallest absolute Gasteiger partial charge is 0.139 e. The van der Waals surface area contributed by atoms with Gasteiger partial charge in [-0.05, 0) is 91.9 Å². The lowest BCUT2D eigenvalue weighted by atomic mass is 9.42. The molecular weight excluding hydrogens is 296 g/mol. The molecule has 24 heavy (non-hydrogen) atoms. The van der Waals surface area contributed by atoms with Gasteiger partial charge in [0.05, 0.1) is 5.76 Å². The number of aliphatic hydroxyl groups excluding tert-OH is 1. The maximum Gasteiger partial charge on any atom is 0.139 e. The predicted molar refractivity (Wildman–Crippen MR) is 94.5 cm³/mol. The fraction of sp³-hybridized carbons (Fsp3) is 0.864. The van der Waals surface area contributed by atoms with Crippen molar-refractivity contribution >= 4 is 5.78 Å². The molecule has 0 aromatic rings. The summed E-state index contributed by atoms with van der Waals surface area (Å²) in [5.41, 5.74) is 0.750. The number of hydrogen-bond donors (Lipinski definition) is 1. The first-order valence-electron chi connectivity index (χ1n) is 10.3. The normalized spacial score (nSPS) is 56.1. The lowest BCUT2D eigenvalue weighted by Crippen LogP contribution is -2.58. The molecule has 5 aliphatic carbocycles. The second-order valence-corrected chi connectivity index (χ2v) is 10.3. The van der Waals surface area contributed by atoms with Gasteiger partial charge in [-0.2, -0.15) is 0 Å². The average Bonchev–Trinajstić information content (AvgIpc) is 2.89. The Balaban J connectivity index is 1.48. The van der Waals surface area contributed by atoms with Gasteiger partial charge in [0, 0.05) is 18.3 Å². The van der Waals surface area contributed by atoms with Gasteiger partial charge in [0.2, 0.25) is 0 Å². The fourth-order valence-corrected chi connectivity index (χ4v) is 8.39. The first kappa shape index (κ1) is 15.5. The Kier molecular flexibility index (Phi) is 3.01. The molecule has 1 N–H and O–H groups in total. The van der Waals surface area contributed by atoms with Crippen LogP contribution in [0.4, 0.5) is 0 Å². The summed E-state index contributed by atoms with van der Waals surface area (Å²) in [7, 11) is 0. The van der Waals surface area contributed by atoms with Crippen LogP contribution >= 0.6 is 0 Å². The van der Waals surface area contributed by atoms with Crippen LogP contribution in [-0.2, 0) is 4.79 Å². The molecule has 5 aliphatic rings. The monoisotopic (exact) mass is 328 g/mol. The van der Waals surface area contributed by atoms with Crippen LogP contribution in [0.5, 0.6) is 0 Å². The van der Waals surface area contributed by atoms with Crippen molar-refractivity contribution in [2.75, 3.05) is 0 Å². The van der Waals surface area contributed by atoms with E-state index in [-0.39, 0.29) is 5.41 Å². The Morgan fingerprint density at radius 3 is 2.54 bits per heavy atom. The highest BCUT2D eigenvalue weighted by Gasteiger charge is 2.68. The fourth-order valence-electron chi connectivity index (χ4n) is 8.39. The number of carbonyl (C=O) groups is 1. The summed E-state index contributed by atoms with van der Waals surface area (Å²) in [5, 5.41) is 10.0. The zero-order valence-electron chi connectivity index (χ0n) is 15.3. The van der Waals surface area contributed by atoms with E-state index in [0.29, 0.717) is 28.3 Å².